The van der Waals surface area contributed by atoms with E-state index in [1.54, 1.807) is 6.07 Å². The van der Waals surface area contributed by atoms with Crippen LogP contribution in [-0.2, 0) is 0 Å². The summed E-state index contributed by atoms with van der Waals surface area (Å²) >= 11 is 6.93. The fraction of sp³-hybridized carbons (Fsp3) is 0.200. The number of benzene rings is 2. The first-order chi connectivity index (χ1) is 8.90. The lowest BCUT2D eigenvalue weighted by Crippen LogP contribution is -2.14. The highest BCUT2D eigenvalue weighted by Gasteiger charge is 2.16. The Bertz CT molecular complexity index is 626. The number of hydrogen-bond acceptors (Lipinski definition) is 1. The van der Waals surface area contributed by atoms with E-state index in [1.165, 1.54) is 12.1 Å². The second-order valence-electron chi connectivity index (χ2n) is 4.60. The average molecular weight is 387 g/mol. The average Bonchev–Trinajstić information content (AvgIpc) is 2.36. The minimum Gasteiger partial charge on any atom is -0.320 e. The summed E-state index contributed by atoms with van der Waals surface area (Å²) in [5.74, 6) is -0.278. The van der Waals surface area contributed by atoms with Gasteiger partial charge in [0.15, 0.2) is 0 Å². The minimum atomic E-state index is -0.350. The van der Waals surface area contributed by atoms with Crippen LogP contribution in [0.15, 0.2) is 39.3 Å². The van der Waals surface area contributed by atoms with Crippen LogP contribution in [0.3, 0.4) is 0 Å². The van der Waals surface area contributed by atoms with Crippen LogP contribution in [0.2, 0.25) is 0 Å². The summed E-state index contributed by atoms with van der Waals surface area (Å²) in [7, 11) is 0. The van der Waals surface area contributed by atoms with Gasteiger partial charge in [-0.05, 0) is 60.4 Å². The van der Waals surface area contributed by atoms with Crippen molar-refractivity contribution in [3.05, 3.63) is 67.3 Å². The zero-order valence-corrected chi connectivity index (χ0v) is 13.8. The van der Waals surface area contributed by atoms with Gasteiger partial charge in [-0.3, -0.25) is 0 Å². The van der Waals surface area contributed by atoms with Crippen molar-refractivity contribution in [2.75, 3.05) is 0 Å². The summed E-state index contributed by atoms with van der Waals surface area (Å²) in [5.41, 5.74) is 10.3. The van der Waals surface area contributed by atoms with Gasteiger partial charge in [0.25, 0.3) is 0 Å². The first kappa shape index (κ1) is 14.7. The predicted molar refractivity (Wildman–Crippen MR) is 83.7 cm³/mol. The zero-order chi connectivity index (χ0) is 14.2. The number of aryl methyl sites for hydroxylation is 2. The molecule has 0 aliphatic carbocycles. The van der Waals surface area contributed by atoms with Crippen LogP contribution in [0, 0.1) is 19.7 Å². The molecule has 2 rings (SSSR count). The molecular weight excluding hydrogens is 373 g/mol. The van der Waals surface area contributed by atoms with Gasteiger partial charge in [-0.25, -0.2) is 4.39 Å². The van der Waals surface area contributed by atoms with Crippen LogP contribution in [0.5, 0.6) is 0 Å². The third-order valence-corrected chi connectivity index (χ3v) is 4.75. The van der Waals surface area contributed by atoms with Gasteiger partial charge in [0, 0.05) is 8.95 Å². The Balaban J connectivity index is 2.52. The largest absolute Gasteiger partial charge is 0.320 e. The molecule has 0 aliphatic rings. The predicted octanol–water partition coefficient (Wildman–Crippen LogP) is 5.02. The Morgan fingerprint density at radius 3 is 2.32 bits per heavy atom. The van der Waals surface area contributed by atoms with Gasteiger partial charge in [-0.15, -0.1) is 0 Å². The van der Waals surface area contributed by atoms with Crippen molar-refractivity contribution in [3.8, 4) is 0 Å². The quantitative estimate of drug-likeness (QED) is 0.770. The van der Waals surface area contributed by atoms with Crippen molar-refractivity contribution < 1.29 is 4.39 Å². The number of hydrogen-bond donors (Lipinski definition) is 1. The van der Waals surface area contributed by atoms with Gasteiger partial charge in [0.05, 0.1) is 6.04 Å². The monoisotopic (exact) mass is 385 g/mol. The second kappa shape index (κ2) is 5.73. The third-order valence-electron chi connectivity index (χ3n) is 3.18. The summed E-state index contributed by atoms with van der Waals surface area (Å²) in [5, 5.41) is 0. The Morgan fingerprint density at radius 1 is 0.947 bits per heavy atom. The van der Waals surface area contributed by atoms with E-state index in [2.05, 4.69) is 31.9 Å². The highest BCUT2D eigenvalue weighted by atomic mass is 79.9. The normalized spacial score (nSPS) is 12.5. The summed E-state index contributed by atoms with van der Waals surface area (Å²) in [4.78, 5) is 0. The van der Waals surface area contributed by atoms with Crippen LogP contribution >= 0.6 is 31.9 Å². The molecule has 0 saturated heterocycles. The van der Waals surface area contributed by atoms with Crippen molar-refractivity contribution in [2.45, 2.75) is 19.9 Å². The molecule has 0 radical (unpaired) electrons. The smallest absolute Gasteiger partial charge is 0.123 e. The maximum atomic E-state index is 13.4. The number of rotatable bonds is 2. The molecule has 1 unspecified atom stereocenters. The van der Waals surface area contributed by atoms with Crippen LogP contribution in [-0.4, -0.2) is 0 Å². The summed E-state index contributed by atoms with van der Waals surface area (Å²) in [6.45, 7) is 4.02. The Labute approximate surface area is 129 Å². The highest BCUT2D eigenvalue weighted by molar-refractivity contribution is 9.10. The van der Waals surface area contributed by atoms with Gasteiger partial charge < -0.3 is 5.73 Å². The van der Waals surface area contributed by atoms with E-state index in [4.69, 9.17) is 5.73 Å². The molecule has 0 bridgehead atoms. The second-order valence-corrected chi connectivity index (χ2v) is 6.31. The molecule has 2 N–H and O–H groups in total. The molecule has 4 heteroatoms. The minimum absolute atomic E-state index is 0.278. The van der Waals surface area contributed by atoms with Crippen LogP contribution in [0.4, 0.5) is 4.39 Å². The molecule has 0 saturated carbocycles. The summed E-state index contributed by atoms with van der Waals surface area (Å²) < 4.78 is 15.3. The van der Waals surface area contributed by atoms with E-state index in [9.17, 15) is 4.39 Å². The lowest BCUT2D eigenvalue weighted by molar-refractivity contribution is 0.623. The van der Waals surface area contributed by atoms with Gasteiger partial charge in [0.1, 0.15) is 5.82 Å². The zero-order valence-electron chi connectivity index (χ0n) is 10.7. The Hall–Kier alpha value is -0.710. The fourth-order valence-electron chi connectivity index (χ4n) is 2.06. The van der Waals surface area contributed by atoms with Crippen LogP contribution in [0.1, 0.15) is 28.3 Å². The van der Waals surface area contributed by atoms with E-state index in [1.807, 2.05) is 26.0 Å². The molecule has 0 fully saturated rings. The lowest BCUT2D eigenvalue weighted by atomic mass is 9.94. The van der Waals surface area contributed by atoms with E-state index in [0.29, 0.717) is 0 Å². The first-order valence-electron chi connectivity index (χ1n) is 5.87. The fourth-order valence-corrected chi connectivity index (χ4v) is 3.01. The van der Waals surface area contributed by atoms with Crippen LogP contribution < -0.4 is 5.73 Å². The molecule has 2 aromatic rings. The highest BCUT2D eigenvalue weighted by Crippen LogP contribution is 2.31. The van der Waals surface area contributed by atoms with Crippen molar-refractivity contribution in [1.29, 1.82) is 0 Å². The van der Waals surface area contributed by atoms with Crippen molar-refractivity contribution >= 4 is 31.9 Å². The van der Waals surface area contributed by atoms with Crippen molar-refractivity contribution in [2.24, 2.45) is 5.73 Å². The first-order valence-corrected chi connectivity index (χ1v) is 7.46. The molecule has 2 aromatic carbocycles. The molecule has 100 valence electrons. The third kappa shape index (κ3) is 3.07. The van der Waals surface area contributed by atoms with Gasteiger partial charge in [-0.1, -0.05) is 37.9 Å². The topological polar surface area (TPSA) is 26.0 Å². The molecule has 0 amide bonds. The van der Waals surface area contributed by atoms with Gasteiger partial charge in [-0.2, -0.15) is 0 Å². The Kier molecular flexibility index (Phi) is 4.43. The molecule has 0 spiro atoms. The van der Waals surface area contributed by atoms with Gasteiger partial charge in [0.2, 0.25) is 0 Å². The molecule has 0 aromatic heterocycles. The molecule has 0 heterocycles. The SMILES string of the molecule is Cc1cc(C(N)c2cc(F)ccc2Br)c(C)cc1Br. The van der Waals surface area contributed by atoms with E-state index in [-0.39, 0.29) is 11.9 Å². The standard InChI is InChI=1S/C15H14Br2FN/c1-8-6-14(17)9(2)5-11(8)15(19)12-7-10(18)3-4-13(12)16/h3-7,15H,19H2,1-2H3. The van der Waals surface area contributed by atoms with E-state index in [0.717, 1.165) is 31.2 Å². The van der Waals surface area contributed by atoms with Crippen molar-refractivity contribution in [3.63, 3.8) is 0 Å². The molecule has 1 atom stereocenters. The summed E-state index contributed by atoms with van der Waals surface area (Å²) in [6.07, 6.45) is 0. The number of nitrogens with two attached hydrogens (primary N) is 1. The Morgan fingerprint density at radius 2 is 1.63 bits per heavy atom. The molecular formula is C15H14Br2FN. The molecule has 1 nitrogen and oxygen atoms in total. The van der Waals surface area contributed by atoms with Crippen LogP contribution in [0.25, 0.3) is 0 Å². The molecule has 0 aliphatic heterocycles. The maximum Gasteiger partial charge on any atom is 0.123 e. The van der Waals surface area contributed by atoms with E-state index >= 15 is 0 Å². The number of halogens is 3. The lowest BCUT2D eigenvalue weighted by Gasteiger charge is -2.18. The maximum absolute atomic E-state index is 13.4. The summed E-state index contributed by atoms with van der Waals surface area (Å²) in [6, 6.07) is 8.31. The van der Waals surface area contributed by atoms with Crippen molar-refractivity contribution in [1.82, 2.24) is 0 Å². The van der Waals surface area contributed by atoms with E-state index < -0.39 is 0 Å². The molecule has 19 heavy (non-hydrogen) atoms. The van der Waals surface area contributed by atoms with Gasteiger partial charge >= 0.3 is 0 Å².